The molecule has 1 aromatic rings. The minimum absolute atomic E-state index is 0.0359. The third-order valence-electron chi connectivity index (χ3n) is 4.06. The van der Waals surface area contributed by atoms with Gasteiger partial charge in [0.1, 0.15) is 17.8 Å². The smallest absolute Gasteiger partial charge is 0.287 e. The van der Waals surface area contributed by atoms with Gasteiger partial charge in [-0.25, -0.2) is 4.98 Å². The fraction of sp³-hybridized carbons (Fsp3) is 0.357. The van der Waals surface area contributed by atoms with Gasteiger partial charge < -0.3 is 4.90 Å². The normalized spacial score (nSPS) is 27.0. The summed E-state index contributed by atoms with van der Waals surface area (Å²) in [6.07, 6.45) is 4.87. The van der Waals surface area contributed by atoms with Crippen LogP contribution in [0.15, 0.2) is 30.5 Å². The molecule has 3 atom stereocenters. The molecular weight excluding hydrogens is 274 g/mol. The second-order valence-electron chi connectivity index (χ2n) is 5.26. The zero-order chi connectivity index (χ0) is 15.1. The molecule has 2 aliphatic rings. The summed E-state index contributed by atoms with van der Waals surface area (Å²) >= 11 is 0. The number of fused-ring (bicyclic) bond motifs is 2. The van der Waals surface area contributed by atoms with Gasteiger partial charge in [0.25, 0.3) is 5.69 Å². The molecule has 0 aliphatic carbocycles. The maximum atomic E-state index is 12.0. The lowest BCUT2D eigenvalue weighted by molar-refractivity contribution is -0.385. The molecule has 3 unspecified atom stereocenters. The molecule has 7 nitrogen and oxygen atoms in total. The summed E-state index contributed by atoms with van der Waals surface area (Å²) < 4.78 is 0. The zero-order valence-corrected chi connectivity index (χ0v) is 11.3. The topological polar surface area (TPSA) is 93.4 Å². The van der Waals surface area contributed by atoms with Gasteiger partial charge in [0.05, 0.1) is 17.0 Å². The Bertz CT molecular complexity index is 653. The first-order valence-corrected chi connectivity index (χ1v) is 6.60. The molecule has 0 saturated carbocycles. The van der Waals surface area contributed by atoms with E-state index in [1.165, 1.54) is 31.3 Å². The van der Waals surface area contributed by atoms with E-state index in [2.05, 4.69) is 4.98 Å². The van der Waals surface area contributed by atoms with E-state index in [9.17, 15) is 19.7 Å². The third-order valence-corrected chi connectivity index (χ3v) is 4.06. The lowest BCUT2D eigenvalue weighted by atomic mass is 9.96. The van der Waals surface area contributed by atoms with Crippen molar-refractivity contribution >= 4 is 23.1 Å². The van der Waals surface area contributed by atoms with Crippen LogP contribution in [-0.4, -0.2) is 33.6 Å². The Morgan fingerprint density at radius 1 is 1.48 bits per heavy atom. The van der Waals surface area contributed by atoms with Gasteiger partial charge in [0.2, 0.25) is 0 Å². The van der Waals surface area contributed by atoms with E-state index in [1.54, 1.807) is 11.0 Å². The van der Waals surface area contributed by atoms with Crippen LogP contribution in [0.5, 0.6) is 0 Å². The van der Waals surface area contributed by atoms with Crippen molar-refractivity contribution in [3.63, 3.8) is 0 Å². The minimum atomic E-state index is -0.523. The van der Waals surface area contributed by atoms with Crippen LogP contribution in [-0.2, 0) is 9.59 Å². The minimum Gasteiger partial charge on any atom is -0.339 e. The van der Waals surface area contributed by atoms with Gasteiger partial charge in [0, 0.05) is 12.0 Å². The third kappa shape index (κ3) is 2.10. The first-order valence-electron chi connectivity index (χ1n) is 6.60. The Morgan fingerprint density at radius 2 is 2.24 bits per heavy atom. The van der Waals surface area contributed by atoms with Crippen LogP contribution in [0, 0.1) is 16.0 Å². The monoisotopic (exact) mass is 287 g/mol. The quantitative estimate of drug-likeness (QED) is 0.614. The average Bonchev–Trinajstić information content (AvgIpc) is 2.76. The molecule has 1 aromatic heterocycles. The van der Waals surface area contributed by atoms with Crippen LogP contribution in [0.25, 0.3) is 0 Å². The molecule has 1 saturated heterocycles. The lowest BCUT2D eigenvalue weighted by Gasteiger charge is -2.32. The van der Waals surface area contributed by atoms with Crippen molar-refractivity contribution in [2.75, 3.05) is 4.90 Å². The van der Waals surface area contributed by atoms with E-state index >= 15 is 0 Å². The van der Waals surface area contributed by atoms with Crippen LogP contribution in [0.2, 0.25) is 0 Å². The predicted molar refractivity (Wildman–Crippen MR) is 73.9 cm³/mol. The highest BCUT2D eigenvalue weighted by Gasteiger charge is 2.47. The Morgan fingerprint density at radius 3 is 2.81 bits per heavy atom. The number of ketones is 2. The number of hydrogen-bond acceptors (Lipinski definition) is 6. The fourth-order valence-corrected chi connectivity index (χ4v) is 3.04. The SMILES string of the molecule is CC(=O)C1CC2C(=O)C=CC1N2c1ccc([N+](=O)[O-])cn1. The Balaban J connectivity index is 1.98. The number of carbonyl (C=O) groups excluding carboxylic acids is 2. The van der Waals surface area contributed by atoms with Crippen molar-refractivity contribution in [3.8, 4) is 0 Å². The van der Waals surface area contributed by atoms with Gasteiger partial charge in [0.15, 0.2) is 5.78 Å². The summed E-state index contributed by atoms with van der Waals surface area (Å²) in [5, 5.41) is 10.7. The number of anilines is 1. The molecule has 3 heterocycles. The molecule has 2 aliphatic heterocycles. The Kier molecular flexibility index (Phi) is 3.04. The lowest BCUT2D eigenvalue weighted by Crippen LogP contribution is -2.44. The molecule has 3 rings (SSSR count). The number of nitrogens with zero attached hydrogens (tertiary/aromatic N) is 3. The molecule has 2 bridgehead atoms. The van der Waals surface area contributed by atoms with Gasteiger partial charge in [-0.05, 0) is 25.5 Å². The van der Waals surface area contributed by atoms with E-state index in [4.69, 9.17) is 0 Å². The maximum Gasteiger partial charge on any atom is 0.287 e. The highest BCUT2D eigenvalue weighted by molar-refractivity contribution is 6.00. The van der Waals surface area contributed by atoms with Crippen LogP contribution in [0.3, 0.4) is 0 Å². The molecule has 0 N–H and O–H groups in total. The van der Waals surface area contributed by atoms with E-state index in [0.717, 1.165) is 0 Å². The molecule has 21 heavy (non-hydrogen) atoms. The van der Waals surface area contributed by atoms with Crippen molar-refractivity contribution in [1.82, 2.24) is 4.98 Å². The van der Waals surface area contributed by atoms with E-state index in [-0.39, 0.29) is 29.2 Å². The zero-order valence-electron chi connectivity index (χ0n) is 11.3. The van der Waals surface area contributed by atoms with Crippen molar-refractivity contribution < 1.29 is 14.5 Å². The molecule has 1 fully saturated rings. The van der Waals surface area contributed by atoms with Crippen LogP contribution < -0.4 is 4.90 Å². The first kappa shape index (κ1) is 13.4. The fourth-order valence-electron chi connectivity index (χ4n) is 3.04. The van der Waals surface area contributed by atoms with Crippen LogP contribution >= 0.6 is 0 Å². The number of rotatable bonds is 3. The molecule has 7 heteroatoms. The van der Waals surface area contributed by atoms with Gasteiger partial charge in [-0.1, -0.05) is 6.08 Å². The molecule has 0 aromatic carbocycles. The van der Waals surface area contributed by atoms with Crippen molar-refractivity contribution in [2.45, 2.75) is 25.4 Å². The van der Waals surface area contributed by atoms with E-state index in [1.807, 2.05) is 0 Å². The van der Waals surface area contributed by atoms with Crippen molar-refractivity contribution in [3.05, 3.63) is 40.6 Å². The second-order valence-corrected chi connectivity index (χ2v) is 5.26. The predicted octanol–water partition coefficient (Wildman–Crippen LogP) is 1.28. The van der Waals surface area contributed by atoms with Crippen molar-refractivity contribution in [1.29, 1.82) is 0 Å². The number of carbonyl (C=O) groups is 2. The second kappa shape index (κ2) is 4.76. The highest BCUT2D eigenvalue weighted by atomic mass is 16.6. The number of aromatic nitrogens is 1. The van der Waals surface area contributed by atoms with Gasteiger partial charge in [-0.3, -0.25) is 19.7 Å². The number of nitro groups is 1. The van der Waals surface area contributed by atoms with Gasteiger partial charge in [-0.2, -0.15) is 0 Å². The number of Topliss-reactive ketones (excluding diaryl/α,β-unsaturated/α-hetero) is 1. The first-order chi connectivity index (χ1) is 9.99. The van der Waals surface area contributed by atoms with Crippen LogP contribution in [0.4, 0.5) is 11.5 Å². The summed E-state index contributed by atoms with van der Waals surface area (Å²) in [5.74, 6) is 0.218. The maximum absolute atomic E-state index is 12.0. The molecule has 0 radical (unpaired) electrons. The van der Waals surface area contributed by atoms with E-state index < -0.39 is 11.0 Å². The highest BCUT2D eigenvalue weighted by Crippen LogP contribution is 2.38. The molecule has 0 amide bonds. The number of hydrogen-bond donors (Lipinski definition) is 0. The Labute approximate surface area is 120 Å². The Hall–Kier alpha value is -2.57. The number of pyridine rings is 1. The van der Waals surface area contributed by atoms with E-state index in [0.29, 0.717) is 12.2 Å². The van der Waals surface area contributed by atoms with Crippen molar-refractivity contribution in [2.24, 2.45) is 5.92 Å². The summed E-state index contributed by atoms with van der Waals surface area (Å²) in [6, 6.07) is 2.25. The molecular formula is C14H13N3O4. The van der Waals surface area contributed by atoms with Gasteiger partial charge >= 0.3 is 0 Å². The summed E-state index contributed by atoms with van der Waals surface area (Å²) in [6.45, 7) is 1.52. The average molecular weight is 287 g/mol. The summed E-state index contributed by atoms with van der Waals surface area (Å²) in [7, 11) is 0. The molecule has 108 valence electrons. The van der Waals surface area contributed by atoms with Crippen LogP contribution in [0.1, 0.15) is 13.3 Å². The van der Waals surface area contributed by atoms with Gasteiger partial charge in [-0.15, -0.1) is 0 Å². The summed E-state index contributed by atoms with van der Waals surface area (Å²) in [4.78, 5) is 39.7. The summed E-state index contributed by atoms with van der Waals surface area (Å²) in [5.41, 5.74) is -0.104. The largest absolute Gasteiger partial charge is 0.339 e. The standard InChI is InChI=1S/C14H13N3O4/c1-8(18)10-6-12-13(19)4-3-11(10)16(12)14-5-2-9(7-15-14)17(20)21/h2-5,7,10-12H,6H2,1H3. The molecule has 0 spiro atoms.